The van der Waals surface area contributed by atoms with E-state index < -0.39 is 0 Å². The molecule has 3 unspecified atom stereocenters. The summed E-state index contributed by atoms with van der Waals surface area (Å²) in [5, 5.41) is 3.32. The number of thiol groups is 1. The monoisotopic (exact) mass is 367 g/mol. The molecule has 0 spiro atoms. The van der Waals surface area contributed by atoms with Crippen molar-refractivity contribution in [3.63, 3.8) is 0 Å². The van der Waals surface area contributed by atoms with Crippen molar-refractivity contribution in [3.05, 3.63) is 28.2 Å². The molecule has 0 heterocycles. The number of halogens is 1. The highest BCUT2D eigenvalue weighted by molar-refractivity contribution is 9.10. The van der Waals surface area contributed by atoms with Crippen molar-refractivity contribution in [1.82, 2.24) is 5.32 Å². The molecule has 2 bridgehead atoms. The van der Waals surface area contributed by atoms with Crippen LogP contribution in [0, 0.1) is 16.7 Å². The minimum absolute atomic E-state index is 0.00428. The molecular weight excluding hydrogens is 346 g/mol. The normalized spacial score (nSPS) is 33.2. The third kappa shape index (κ3) is 2.44. The number of rotatable bonds is 2. The molecule has 2 aliphatic rings. The van der Waals surface area contributed by atoms with Crippen molar-refractivity contribution in [3.8, 4) is 0 Å². The standard InChI is InChI=1S/C17H22BrNOS/c1-16(2)10-6-7-17(3,9-10)15(16)19-14(20)12-8-11(21)4-5-13(12)18/h4-5,8,10,15,21H,6-7,9H2,1-3H3,(H,19,20). The maximum absolute atomic E-state index is 12.7. The van der Waals surface area contributed by atoms with Gasteiger partial charge in [0.1, 0.15) is 0 Å². The average molecular weight is 368 g/mol. The Labute approximate surface area is 140 Å². The third-order valence-corrected chi connectivity index (χ3v) is 6.71. The molecule has 0 saturated heterocycles. The van der Waals surface area contributed by atoms with Gasteiger partial charge in [-0.05, 0) is 70.1 Å². The van der Waals surface area contributed by atoms with Crippen LogP contribution in [-0.4, -0.2) is 11.9 Å². The van der Waals surface area contributed by atoms with Crippen LogP contribution in [0.25, 0.3) is 0 Å². The van der Waals surface area contributed by atoms with Crippen molar-refractivity contribution >= 4 is 34.5 Å². The molecule has 4 heteroatoms. The van der Waals surface area contributed by atoms with E-state index in [0.717, 1.165) is 15.3 Å². The molecule has 3 atom stereocenters. The number of carbonyl (C=O) groups excluding carboxylic acids is 1. The highest BCUT2D eigenvalue weighted by Crippen LogP contribution is 2.62. The van der Waals surface area contributed by atoms with Crippen molar-refractivity contribution in [1.29, 1.82) is 0 Å². The van der Waals surface area contributed by atoms with Crippen molar-refractivity contribution in [2.45, 2.75) is 51.0 Å². The Morgan fingerprint density at radius 2 is 2.10 bits per heavy atom. The molecule has 1 amide bonds. The zero-order valence-electron chi connectivity index (χ0n) is 12.7. The van der Waals surface area contributed by atoms with Crippen LogP contribution in [-0.2, 0) is 0 Å². The summed E-state index contributed by atoms with van der Waals surface area (Å²) in [4.78, 5) is 13.5. The first kappa shape index (κ1) is 15.4. The van der Waals surface area contributed by atoms with Gasteiger partial charge in [-0.15, -0.1) is 12.6 Å². The van der Waals surface area contributed by atoms with E-state index in [1.165, 1.54) is 19.3 Å². The summed E-state index contributed by atoms with van der Waals surface area (Å²) in [6.45, 7) is 6.94. The van der Waals surface area contributed by atoms with E-state index in [1.54, 1.807) is 0 Å². The van der Waals surface area contributed by atoms with Gasteiger partial charge in [0.2, 0.25) is 0 Å². The van der Waals surface area contributed by atoms with E-state index in [4.69, 9.17) is 0 Å². The summed E-state index contributed by atoms with van der Waals surface area (Å²) in [7, 11) is 0. The molecule has 1 N–H and O–H groups in total. The van der Waals surface area contributed by atoms with Gasteiger partial charge in [-0.1, -0.05) is 20.8 Å². The number of benzene rings is 1. The largest absolute Gasteiger partial charge is 0.348 e. The molecule has 2 fully saturated rings. The second-order valence-corrected chi connectivity index (χ2v) is 8.86. The molecular formula is C17H22BrNOS. The molecule has 0 radical (unpaired) electrons. The van der Waals surface area contributed by atoms with Crippen LogP contribution < -0.4 is 5.32 Å². The second kappa shape index (κ2) is 5.02. The Morgan fingerprint density at radius 3 is 2.71 bits per heavy atom. The Balaban J connectivity index is 1.86. The van der Waals surface area contributed by atoms with Crippen molar-refractivity contribution in [2.24, 2.45) is 16.7 Å². The minimum Gasteiger partial charge on any atom is -0.348 e. The van der Waals surface area contributed by atoms with Crippen molar-refractivity contribution in [2.75, 3.05) is 0 Å². The summed E-state index contributed by atoms with van der Waals surface area (Å²) < 4.78 is 0.823. The van der Waals surface area contributed by atoms with Gasteiger partial charge in [0.25, 0.3) is 5.91 Å². The predicted molar refractivity (Wildman–Crippen MR) is 91.9 cm³/mol. The van der Waals surface area contributed by atoms with Crippen LogP contribution in [0.1, 0.15) is 50.4 Å². The Hall–Kier alpha value is -0.480. The van der Waals surface area contributed by atoms with Crippen LogP contribution >= 0.6 is 28.6 Å². The van der Waals surface area contributed by atoms with Gasteiger partial charge in [-0.2, -0.15) is 0 Å². The number of hydrogen-bond donors (Lipinski definition) is 2. The molecule has 2 nitrogen and oxygen atoms in total. The van der Waals surface area contributed by atoms with E-state index in [0.29, 0.717) is 5.56 Å². The number of hydrogen-bond acceptors (Lipinski definition) is 2. The SMILES string of the molecule is CC12CCC(C1)C(C)(C)C2NC(=O)c1cc(S)ccc1Br. The summed E-state index contributed by atoms with van der Waals surface area (Å²) in [5.41, 5.74) is 1.09. The highest BCUT2D eigenvalue weighted by atomic mass is 79.9. The van der Waals surface area contributed by atoms with Gasteiger partial charge < -0.3 is 5.32 Å². The number of nitrogens with one attached hydrogen (secondary N) is 1. The Morgan fingerprint density at radius 1 is 1.38 bits per heavy atom. The molecule has 3 rings (SSSR count). The lowest BCUT2D eigenvalue weighted by Crippen LogP contribution is -2.52. The van der Waals surface area contributed by atoms with Gasteiger partial charge in [-0.3, -0.25) is 4.79 Å². The van der Waals surface area contributed by atoms with Gasteiger partial charge in [-0.25, -0.2) is 0 Å². The zero-order valence-corrected chi connectivity index (χ0v) is 15.2. The molecule has 1 aromatic carbocycles. The molecule has 0 aromatic heterocycles. The lowest BCUT2D eigenvalue weighted by atomic mass is 9.68. The predicted octanol–water partition coefficient (Wildman–Crippen LogP) is 4.68. The first-order chi connectivity index (χ1) is 9.74. The van der Waals surface area contributed by atoms with Crippen LogP contribution in [0.3, 0.4) is 0 Å². The first-order valence-corrected chi connectivity index (χ1v) is 8.77. The summed E-state index contributed by atoms with van der Waals surface area (Å²) >= 11 is 7.81. The van der Waals surface area contributed by atoms with Crippen LogP contribution in [0.15, 0.2) is 27.6 Å². The van der Waals surface area contributed by atoms with E-state index in [2.05, 4.69) is 54.6 Å². The average Bonchev–Trinajstić information content (AvgIpc) is 2.88. The van der Waals surface area contributed by atoms with Crippen LogP contribution in [0.5, 0.6) is 0 Å². The van der Waals surface area contributed by atoms with Crippen LogP contribution in [0.2, 0.25) is 0 Å². The fraction of sp³-hybridized carbons (Fsp3) is 0.588. The lowest BCUT2D eigenvalue weighted by Gasteiger charge is -2.43. The number of amides is 1. The fourth-order valence-electron chi connectivity index (χ4n) is 4.56. The van der Waals surface area contributed by atoms with Gasteiger partial charge in [0, 0.05) is 15.4 Å². The first-order valence-electron chi connectivity index (χ1n) is 7.53. The highest BCUT2D eigenvalue weighted by Gasteiger charge is 2.59. The summed E-state index contributed by atoms with van der Waals surface area (Å²) in [6, 6.07) is 5.83. The number of carbonyl (C=O) groups is 1. The second-order valence-electron chi connectivity index (χ2n) is 7.49. The fourth-order valence-corrected chi connectivity index (χ4v) is 5.19. The van der Waals surface area contributed by atoms with Gasteiger partial charge in [0.15, 0.2) is 0 Å². The molecule has 114 valence electrons. The van der Waals surface area contributed by atoms with Crippen molar-refractivity contribution < 1.29 is 4.79 Å². The molecule has 0 aliphatic heterocycles. The number of fused-ring (bicyclic) bond motifs is 2. The zero-order chi connectivity index (χ0) is 15.4. The Kier molecular flexibility index (Phi) is 3.69. The maximum Gasteiger partial charge on any atom is 0.252 e. The summed E-state index contributed by atoms with van der Waals surface area (Å²) in [6.07, 6.45) is 3.75. The smallest absolute Gasteiger partial charge is 0.252 e. The van der Waals surface area contributed by atoms with E-state index in [9.17, 15) is 4.79 Å². The molecule has 1 aromatic rings. The Bertz CT molecular complexity index is 596. The van der Waals surface area contributed by atoms with Gasteiger partial charge in [0.05, 0.1) is 5.56 Å². The molecule has 21 heavy (non-hydrogen) atoms. The third-order valence-electron chi connectivity index (χ3n) is 5.74. The van der Waals surface area contributed by atoms with E-state index in [-0.39, 0.29) is 22.8 Å². The van der Waals surface area contributed by atoms with Gasteiger partial charge >= 0.3 is 0 Å². The quantitative estimate of drug-likeness (QED) is 0.729. The van der Waals surface area contributed by atoms with E-state index in [1.807, 2.05) is 18.2 Å². The molecule has 2 saturated carbocycles. The maximum atomic E-state index is 12.7. The lowest BCUT2D eigenvalue weighted by molar-refractivity contribution is 0.0736. The molecule has 2 aliphatic carbocycles. The van der Waals surface area contributed by atoms with E-state index >= 15 is 0 Å². The van der Waals surface area contributed by atoms with Crippen LogP contribution in [0.4, 0.5) is 0 Å². The minimum atomic E-state index is 0.00428. The topological polar surface area (TPSA) is 29.1 Å². The summed E-state index contributed by atoms with van der Waals surface area (Å²) in [5.74, 6) is 0.733.